The van der Waals surface area contributed by atoms with Crippen LogP contribution in [-0.2, 0) is 27.3 Å². The van der Waals surface area contributed by atoms with Crippen molar-refractivity contribution in [3.05, 3.63) is 70.7 Å². The highest BCUT2D eigenvalue weighted by Crippen LogP contribution is 2.18. The number of amides is 2. The van der Waals surface area contributed by atoms with E-state index in [0.29, 0.717) is 31.0 Å². The number of nitrogens with zero attached hydrogens (tertiary/aromatic N) is 1. The Balaban J connectivity index is 1.81. The predicted molar refractivity (Wildman–Crippen MR) is 118 cm³/mol. The number of hydrogen-bond donors (Lipinski definition) is 1. The molecular formula is C24H29ClN2O3. The zero-order chi connectivity index (χ0) is 21.3. The van der Waals surface area contributed by atoms with E-state index < -0.39 is 6.04 Å². The molecule has 2 aromatic carbocycles. The molecule has 6 heteroatoms. The molecule has 0 spiro atoms. The van der Waals surface area contributed by atoms with Crippen LogP contribution in [0.15, 0.2) is 54.6 Å². The summed E-state index contributed by atoms with van der Waals surface area (Å²) < 4.78 is 5.63. The third kappa shape index (κ3) is 6.31. The van der Waals surface area contributed by atoms with Gasteiger partial charge in [-0.3, -0.25) is 9.59 Å². The minimum atomic E-state index is -0.600. The highest BCUT2D eigenvalue weighted by Gasteiger charge is 2.30. The summed E-state index contributed by atoms with van der Waals surface area (Å²) >= 11 is 6.01. The van der Waals surface area contributed by atoms with Crippen LogP contribution in [0, 0.1) is 0 Å². The highest BCUT2D eigenvalue weighted by atomic mass is 35.5. The molecule has 160 valence electrons. The molecule has 1 aliphatic rings. The van der Waals surface area contributed by atoms with Crippen molar-refractivity contribution >= 4 is 23.4 Å². The molecule has 1 saturated heterocycles. The molecule has 30 heavy (non-hydrogen) atoms. The second-order valence-corrected chi connectivity index (χ2v) is 8.02. The van der Waals surface area contributed by atoms with Crippen LogP contribution in [0.5, 0.6) is 0 Å². The third-order valence-electron chi connectivity index (χ3n) is 5.37. The molecule has 0 saturated carbocycles. The van der Waals surface area contributed by atoms with Crippen LogP contribution in [-0.4, -0.2) is 42.0 Å². The van der Waals surface area contributed by atoms with Crippen molar-refractivity contribution in [2.24, 2.45) is 0 Å². The van der Waals surface area contributed by atoms with Gasteiger partial charge in [0, 0.05) is 37.6 Å². The monoisotopic (exact) mass is 428 g/mol. The first-order chi connectivity index (χ1) is 14.6. The van der Waals surface area contributed by atoms with E-state index in [0.717, 1.165) is 30.6 Å². The summed E-state index contributed by atoms with van der Waals surface area (Å²) in [7, 11) is 0. The standard InChI is InChI=1S/C24H29ClN2O3/c1-2-23(28)27(17-19-10-12-20(25)13-11-19)22(15-18-7-4-3-5-8-18)24(29)26-16-21-9-6-14-30-21/h3-5,7-8,10-13,21-22H,2,6,9,14-17H2,1H3,(H,26,29)/t21-,22-/m0/s1. The van der Waals surface area contributed by atoms with E-state index in [-0.39, 0.29) is 17.9 Å². The van der Waals surface area contributed by atoms with Crippen LogP contribution in [0.4, 0.5) is 0 Å². The molecule has 0 bridgehead atoms. The molecule has 0 aromatic heterocycles. The number of hydrogen-bond acceptors (Lipinski definition) is 3. The zero-order valence-electron chi connectivity index (χ0n) is 17.4. The minimum absolute atomic E-state index is 0.0536. The quantitative estimate of drug-likeness (QED) is 0.657. The Kier molecular flexibility index (Phi) is 8.29. The van der Waals surface area contributed by atoms with Gasteiger partial charge in [-0.1, -0.05) is 61.0 Å². The molecule has 0 unspecified atom stereocenters. The molecule has 2 amide bonds. The van der Waals surface area contributed by atoms with Crippen molar-refractivity contribution in [1.82, 2.24) is 10.2 Å². The SMILES string of the molecule is CCC(=O)N(Cc1ccc(Cl)cc1)[C@@H](Cc1ccccc1)C(=O)NC[C@@H]1CCCO1. The number of nitrogens with one attached hydrogen (secondary N) is 1. The van der Waals surface area contributed by atoms with Crippen molar-refractivity contribution in [2.45, 2.75) is 51.3 Å². The fraction of sp³-hybridized carbons (Fsp3) is 0.417. The van der Waals surface area contributed by atoms with E-state index >= 15 is 0 Å². The molecule has 1 fully saturated rings. The number of benzene rings is 2. The van der Waals surface area contributed by atoms with Gasteiger partial charge in [0.05, 0.1) is 6.10 Å². The van der Waals surface area contributed by atoms with Crippen molar-refractivity contribution < 1.29 is 14.3 Å². The van der Waals surface area contributed by atoms with Crippen LogP contribution < -0.4 is 5.32 Å². The highest BCUT2D eigenvalue weighted by molar-refractivity contribution is 6.30. The molecule has 2 aromatic rings. The summed E-state index contributed by atoms with van der Waals surface area (Å²) in [5.41, 5.74) is 1.95. The zero-order valence-corrected chi connectivity index (χ0v) is 18.1. The van der Waals surface area contributed by atoms with Crippen molar-refractivity contribution in [2.75, 3.05) is 13.2 Å². The normalized spacial score (nSPS) is 16.8. The molecule has 2 atom stereocenters. The van der Waals surface area contributed by atoms with Crippen molar-refractivity contribution in [1.29, 1.82) is 0 Å². The molecule has 0 aliphatic carbocycles. The molecule has 1 N–H and O–H groups in total. The van der Waals surface area contributed by atoms with Gasteiger partial charge in [0.1, 0.15) is 6.04 Å². The maximum Gasteiger partial charge on any atom is 0.243 e. The van der Waals surface area contributed by atoms with Crippen LogP contribution >= 0.6 is 11.6 Å². The van der Waals surface area contributed by atoms with Crippen LogP contribution in [0.2, 0.25) is 5.02 Å². The summed E-state index contributed by atoms with van der Waals surface area (Å²) in [6.45, 7) is 3.39. The van der Waals surface area contributed by atoms with Crippen LogP contribution in [0.25, 0.3) is 0 Å². The Morgan fingerprint density at radius 3 is 2.50 bits per heavy atom. The second-order valence-electron chi connectivity index (χ2n) is 7.59. The Labute approximate surface area is 183 Å². The van der Waals surface area contributed by atoms with Gasteiger partial charge in [0.25, 0.3) is 0 Å². The second kappa shape index (κ2) is 11.1. The average Bonchev–Trinajstić information content (AvgIpc) is 3.29. The van der Waals surface area contributed by atoms with E-state index in [2.05, 4.69) is 5.32 Å². The van der Waals surface area contributed by atoms with E-state index in [1.54, 1.807) is 17.0 Å². The topological polar surface area (TPSA) is 58.6 Å². The Morgan fingerprint density at radius 2 is 1.87 bits per heavy atom. The summed E-state index contributed by atoms with van der Waals surface area (Å²) in [5.74, 6) is -0.205. The Hall–Kier alpha value is -2.37. The first kappa shape index (κ1) is 22.3. The van der Waals surface area contributed by atoms with E-state index in [1.165, 1.54) is 0 Å². The van der Waals surface area contributed by atoms with E-state index in [9.17, 15) is 9.59 Å². The maximum atomic E-state index is 13.2. The lowest BCUT2D eigenvalue weighted by Gasteiger charge is -2.31. The molecule has 3 rings (SSSR count). The first-order valence-corrected chi connectivity index (χ1v) is 10.9. The van der Waals surface area contributed by atoms with E-state index in [4.69, 9.17) is 16.3 Å². The first-order valence-electron chi connectivity index (χ1n) is 10.5. The molecule has 0 radical (unpaired) electrons. The predicted octanol–water partition coefficient (Wildman–Crippen LogP) is 3.99. The summed E-state index contributed by atoms with van der Waals surface area (Å²) in [6, 6.07) is 16.6. The largest absolute Gasteiger partial charge is 0.376 e. The summed E-state index contributed by atoms with van der Waals surface area (Å²) in [4.78, 5) is 27.8. The number of carbonyl (C=O) groups is 2. The minimum Gasteiger partial charge on any atom is -0.376 e. The van der Waals surface area contributed by atoms with Crippen molar-refractivity contribution in [3.63, 3.8) is 0 Å². The lowest BCUT2D eigenvalue weighted by atomic mass is 10.0. The van der Waals surface area contributed by atoms with Gasteiger partial charge in [-0.2, -0.15) is 0 Å². The lowest BCUT2D eigenvalue weighted by molar-refractivity contribution is -0.141. The summed E-state index contributed by atoms with van der Waals surface area (Å²) in [5, 5.41) is 3.66. The van der Waals surface area contributed by atoms with Crippen LogP contribution in [0.1, 0.15) is 37.3 Å². The smallest absolute Gasteiger partial charge is 0.243 e. The third-order valence-corrected chi connectivity index (χ3v) is 5.62. The van der Waals surface area contributed by atoms with Gasteiger partial charge in [-0.15, -0.1) is 0 Å². The summed E-state index contributed by atoms with van der Waals surface area (Å²) in [6.07, 6.45) is 2.81. The average molecular weight is 429 g/mol. The Bertz CT molecular complexity index is 820. The molecular weight excluding hydrogens is 400 g/mol. The fourth-order valence-corrected chi connectivity index (χ4v) is 3.81. The van der Waals surface area contributed by atoms with Gasteiger partial charge < -0.3 is 15.0 Å². The van der Waals surface area contributed by atoms with Crippen LogP contribution in [0.3, 0.4) is 0 Å². The Morgan fingerprint density at radius 1 is 1.13 bits per heavy atom. The number of halogens is 1. The maximum absolute atomic E-state index is 13.2. The molecule has 1 aliphatic heterocycles. The van der Waals surface area contributed by atoms with Gasteiger partial charge >= 0.3 is 0 Å². The molecule has 5 nitrogen and oxygen atoms in total. The number of rotatable bonds is 9. The fourth-order valence-electron chi connectivity index (χ4n) is 3.68. The van der Waals surface area contributed by atoms with E-state index in [1.807, 2.05) is 49.4 Å². The van der Waals surface area contributed by atoms with Gasteiger partial charge in [-0.25, -0.2) is 0 Å². The molecule has 1 heterocycles. The number of ether oxygens (including phenoxy) is 1. The van der Waals surface area contributed by atoms with Crippen molar-refractivity contribution in [3.8, 4) is 0 Å². The van der Waals surface area contributed by atoms with Gasteiger partial charge in [0.15, 0.2) is 0 Å². The lowest BCUT2D eigenvalue weighted by Crippen LogP contribution is -2.51. The van der Waals surface area contributed by atoms with Gasteiger partial charge in [-0.05, 0) is 36.1 Å². The van der Waals surface area contributed by atoms with Gasteiger partial charge in [0.2, 0.25) is 11.8 Å². The number of carbonyl (C=O) groups excluding carboxylic acids is 2.